The number of carbonyl (C=O) groups excluding carboxylic acids is 3. The van der Waals surface area contributed by atoms with Gasteiger partial charge in [0.15, 0.2) is 5.13 Å². The number of morpholine rings is 1. The van der Waals surface area contributed by atoms with Gasteiger partial charge in [-0.25, -0.2) is 14.4 Å². The molecule has 0 bridgehead atoms. The molecule has 0 radical (unpaired) electrons. The molecule has 1 aromatic carbocycles. The summed E-state index contributed by atoms with van der Waals surface area (Å²) in [5.41, 5.74) is 5.63. The molecule has 12 heteroatoms. The van der Waals surface area contributed by atoms with Crippen LogP contribution in [0.15, 0.2) is 34.7 Å². The van der Waals surface area contributed by atoms with Crippen molar-refractivity contribution in [1.82, 2.24) is 20.8 Å². The zero-order valence-corrected chi connectivity index (χ0v) is 17.9. The first kappa shape index (κ1) is 21.8. The van der Waals surface area contributed by atoms with Gasteiger partial charge in [0.1, 0.15) is 17.2 Å². The highest BCUT2D eigenvalue weighted by molar-refractivity contribution is 7.13. The van der Waals surface area contributed by atoms with Crippen LogP contribution in [-0.2, 0) is 20.9 Å². The van der Waals surface area contributed by atoms with E-state index in [0.717, 1.165) is 5.13 Å². The number of hydrazone groups is 1. The maximum absolute atomic E-state index is 13.1. The molecule has 1 saturated heterocycles. The summed E-state index contributed by atoms with van der Waals surface area (Å²) in [5.74, 6) is -1.79. The Morgan fingerprint density at radius 3 is 2.56 bits per heavy atom. The van der Waals surface area contributed by atoms with Gasteiger partial charge >= 0.3 is 0 Å². The smallest absolute Gasteiger partial charge is 0.289 e. The van der Waals surface area contributed by atoms with Crippen LogP contribution in [0.1, 0.15) is 28.9 Å². The molecule has 0 unspecified atom stereocenters. The minimum absolute atomic E-state index is 0.108. The summed E-state index contributed by atoms with van der Waals surface area (Å²) in [6.07, 6.45) is 0.259. The van der Waals surface area contributed by atoms with Crippen molar-refractivity contribution in [2.75, 3.05) is 31.2 Å². The molecule has 2 aliphatic rings. The number of anilines is 1. The van der Waals surface area contributed by atoms with Gasteiger partial charge in [-0.2, -0.15) is 5.10 Å². The Balaban J connectivity index is 1.33. The fourth-order valence-electron chi connectivity index (χ4n) is 3.17. The molecule has 168 valence electrons. The monoisotopic (exact) mass is 460 g/mol. The maximum Gasteiger partial charge on any atom is 0.289 e. The van der Waals surface area contributed by atoms with Crippen LogP contribution >= 0.6 is 11.3 Å². The van der Waals surface area contributed by atoms with E-state index in [9.17, 15) is 18.8 Å². The summed E-state index contributed by atoms with van der Waals surface area (Å²) in [6, 6.07) is 5.68. The summed E-state index contributed by atoms with van der Waals surface area (Å²) in [5, 5.41) is 7.61. The molecular formula is C20H21FN6O4S. The second-order valence-corrected chi connectivity index (χ2v) is 7.98. The molecule has 2 N–H and O–H groups in total. The third kappa shape index (κ3) is 5.26. The number of rotatable bonds is 5. The quantitative estimate of drug-likeness (QED) is 0.645. The first-order chi connectivity index (χ1) is 15.5. The van der Waals surface area contributed by atoms with Gasteiger partial charge in [-0.1, -0.05) is 12.1 Å². The molecule has 0 spiro atoms. The van der Waals surface area contributed by atoms with Crippen LogP contribution < -0.4 is 15.8 Å². The van der Waals surface area contributed by atoms with Gasteiger partial charge < -0.3 is 9.64 Å². The van der Waals surface area contributed by atoms with Crippen molar-refractivity contribution in [3.8, 4) is 0 Å². The summed E-state index contributed by atoms with van der Waals surface area (Å²) >= 11 is 1.34. The molecule has 1 aromatic heterocycles. The van der Waals surface area contributed by atoms with Crippen LogP contribution in [0.5, 0.6) is 0 Å². The number of nitrogens with one attached hydrogen (secondary N) is 2. The molecule has 10 nitrogen and oxygen atoms in total. The maximum atomic E-state index is 13.1. The predicted molar refractivity (Wildman–Crippen MR) is 114 cm³/mol. The first-order valence-electron chi connectivity index (χ1n) is 10.0. The lowest BCUT2D eigenvalue weighted by atomic mass is 10.1. The summed E-state index contributed by atoms with van der Waals surface area (Å²) in [6.45, 7) is 2.75. The van der Waals surface area contributed by atoms with Crippen LogP contribution in [0, 0.1) is 5.82 Å². The number of carbonyl (C=O) groups is 3. The van der Waals surface area contributed by atoms with Crippen LogP contribution in [-0.4, -0.2) is 59.7 Å². The number of nitrogens with zero attached hydrogens (tertiary/aromatic N) is 4. The number of ether oxygens (including phenoxy) is 1. The Morgan fingerprint density at radius 1 is 1.09 bits per heavy atom. The van der Waals surface area contributed by atoms with Crippen LogP contribution in [0.25, 0.3) is 0 Å². The van der Waals surface area contributed by atoms with E-state index in [0.29, 0.717) is 31.9 Å². The zero-order valence-electron chi connectivity index (χ0n) is 17.0. The average molecular weight is 460 g/mol. The van der Waals surface area contributed by atoms with Crippen molar-refractivity contribution in [1.29, 1.82) is 0 Å². The third-order valence-electron chi connectivity index (χ3n) is 4.91. The molecule has 3 heterocycles. The van der Waals surface area contributed by atoms with Gasteiger partial charge in [0.05, 0.1) is 19.8 Å². The van der Waals surface area contributed by atoms with E-state index in [1.165, 1.54) is 28.5 Å². The van der Waals surface area contributed by atoms with Crippen molar-refractivity contribution in [2.45, 2.75) is 19.4 Å². The van der Waals surface area contributed by atoms with E-state index >= 15 is 0 Å². The van der Waals surface area contributed by atoms with E-state index in [1.807, 2.05) is 4.90 Å². The van der Waals surface area contributed by atoms with Gasteiger partial charge in [-0.15, -0.1) is 11.3 Å². The summed E-state index contributed by atoms with van der Waals surface area (Å²) in [7, 11) is 0. The number of hydrogen-bond acceptors (Lipinski definition) is 8. The minimum atomic E-state index is -0.612. The first-order valence-corrected chi connectivity index (χ1v) is 10.9. The molecule has 0 atom stereocenters. The Morgan fingerprint density at radius 2 is 1.81 bits per heavy atom. The fraction of sp³-hybridized carbons (Fsp3) is 0.350. The van der Waals surface area contributed by atoms with Gasteiger partial charge in [0, 0.05) is 31.3 Å². The van der Waals surface area contributed by atoms with Crippen molar-refractivity contribution < 1.29 is 23.5 Å². The number of hydrogen-bond donors (Lipinski definition) is 2. The van der Waals surface area contributed by atoms with E-state index < -0.39 is 11.8 Å². The largest absolute Gasteiger partial charge is 0.378 e. The van der Waals surface area contributed by atoms with Crippen molar-refractivity contribution in [3.63, 3.8) is 0 Å². The Kier molecular flexibility index (Phi) is 6.71. The molecule has 2 aliphatic heterocycles. The predicted octanol–water partition coefficient (Wildman–Crippen LogP) is 1.06. The highest BCUT2D eigenvalue weighted by Gasteiger charge is 2.25. The van der Waals surface area contributed by atoms with Crippen LogP contribution in [0.3, 0.4) is 0 Å². The molecule has 1 fully saturated rings. The van der Waals surface area contributed by atoms with Gasteiger partial charge in [0.2, 0.25) is 5.91 Å². The summed E-state index contributed by atoms with van der Waals surface area (Å²) in [4.78, 5) is 43.3. The highest BCUT2D eigenvalue weighted by Crippen LogP contribution is 2.21. The second-order valence-electron chi connectivity index (χ2n) is 7.15. The number of halogens is 1. The molecule has 2 aromatic rings. The number of amides is 3. The SMILES string of the molecule is O=C(NNC(=O)c1csc(N2CCOCC2)n1)C1=NN(Cc2ccc(F)cc2)C(=O)CC1. The molecule has 0 aliphatic carbocycles. The molecular weight excluding hydrogens is 439 g/mol. The lowest BCUT2D eigenvalue weighted by Gasteiger charge is -2.25. The van der Waals surface area contributed by atoms with E-state index in [4.69, 9.17) is 4.74 Å². The van der Waals surface area contributed by atoms with E-state index in [-0.39, 0.29) is 42.5 Å². The molecule has 32 heavy (non-hydrogen) atoms. The fourth-order valence-corrected chi connectivity index (χ4v) is 4.03. The number of thiazole rings is 1. The highest BCUT2D eigenvalue weighted by atomic mass is 32.1. The second kappa shape index (κ2) is 9.83. The Bertz CT molecular complexity index is 1030. The third-order valence-corrected chi connectivity index (χ3v) is 5.81. The lowest BCUT2D eigenvalue weighted by Crippen LogP contribution is -2.47. The Labute approximate surface area is 187 Å². The molecule has 4 rings (SSSR count). The standard InChI is InChI=1S/C20H21FN6O4S/c21-14-3-1-13(2-4-14)11-27-17(28)6-5-15(25-27)18(29)23-24-19(30)16-12-32-20(22-16)26-7-9-31-10-8-26/h1-4,12H,5-11H2,(H,23,29)(H,24,30). The number of hydrazine groups is 1. The van der Waals surface area contributed by atoms with Gasteiger partial charge in [0.25, 0.3) is 11.8 Å². The van der Waals surface area contributed by atoms with Crippen molar-refractivity contribution >= 4 is 39.9 Å². The van der Waals surface area contributed by atoms with Gasteiger partial charge in [-0.3, -0.25) is 25.2 Å². The van der Waals surface area contributed by atoms with Crippen LogP contribution in [0.2, 0.25) is 0 Å². The number of benzene rings is 1. The lowest BCUT2D eigenvalue weighted by molar-refractivity contribution is -0.132. The van der Waals surface area contributed by atoms with Crippen LogP contribution in [0.4, 0.5) is 9.52 Å². The Hall–Kier alpha value is -3.38. The molecule has 3 amide bonds. The van der Waals surface area contributed by atoms with E-state index in [1.54, 1.807) is 17.5 Å². The van der Waals surface area contributed by atoms with Crippen molar-refractivity contribution in [3.05, 3.63) is 46.7 Å². The minimum Gasteiger partial charge on any atom is -0.378 e. The zero-order chi connectivity index (χ0) is 22.5. The normalized spacial score (nSPS) is 16.5. The summed E-state index contributed by atoms with van der Waals surface area (Å²) < 4.78 is 18.4. The van der Waals surface area contributed by atoms with E-state index in [2.05, 4.69) is 20.9 Å². The van der Waals surface area contributed by atoms with Gasteiger partial charge in [-0.05, 0) is 17.7 Å². The van der Waals surface area contributed by atoms with Crippen molar-refractivity contribution in [2.24, 2.45) is 5.10 Å². The molecule has 0 saturated carbocycles. The topological polar surface area (TPSA) is 116 Å². The number of aromatic nitrogens is 1. The average Bonchev–Trinajstić information content (AvgIpc) is 3.31.